The van der Waals surface area contributed by atoms with E-state index >= 15 is 0 Å². The summed E-state index contributed by atoms with van der Waals surface area (Å²) < 4.78 is 24.8. The topological polar surface area (TPSA) is 157 Å². The second-order valence-corrected chi connectivity index (χ2v) is 15.9. The zero-order valence-electron chi connectivity index (χ0n) is 34.5. The predicted octanol–water partition coefficient (Wildman–Crippen LogP) is 5.55. The van der Waals surface area contributed by atoms with Crippen LogP contribution in [0.15, 0.2) is 66.9 Å². The fourth-order valence-corrected chi connectivity index (χ4v) is 7.95. The first-order valence-corrected chi connectivity index (χ1v) is 20.2. The van der Waals surface area contributed by atoms with E-state index in [4.69, 9.17) is 23.9 Å². The minimum absolute atomic E-state index is 0.0223. The average molecular weight is 799 g/mol. The van der Waals surface area contributed by atoms with Crippen molar-refractivity contribution in [3.05, 3.63) is 83.7 Å². The zero-order valence-corrected chi connectivity index (χ0v) is 34.5. The summed E-state index contributed by atoms with van der Waals surface area (Å²) in [6, 6.07) is 18.2. The number of pyridine rings is 1. The lowest BCUT2D eigenvalue weighted by Gasteiger charge is -2.38. The molecule has 2 fully saturated rings. The molecular weight excluding hydrogens is 741 g/mol. The lowest BCUT2D eigenvalue weighted by atomic mass is 9.84. The molecule has 58 heavy (non-hydrogen) atoms. The van der Waals surface area contributed by atoms with Crippen LogP contribution in [0.1, 0.15) is 69.9 Å². The summed E-state index contributed by atoms with van der Waals surface area (Å²) in [5.41, 5.74) is 9.55. The molecule has 6 rings (SSSR count). The number of methoxy groups -OCH3 is 2. The van der Waals surface area contributed by atoms with E-state index in [0.717, 1.165) is 51.2 Å². The normalized spacial score (nSPS) is 18.5. The molecule has 4 heterocycles. The number of alkyl carbamates (subject to hydrolysis) is 1. The quantitative estimate of drug-likeness (QED) is 0.130. The number of aliphatic hydroxyl groups is 1. The maximum Gasteiger partial charge on any atom is 0.408 e. The Morgan fingerprint density at radius 1 is 1.09 bits per heavy atom. The Kier molecular flexibility index (Phi) is 14.1. The van der Waals surface area contributed by atoms with E-state index in [9.17, 15) is 19.5 Å². The highest BCUT2D eigenvalue weighted by molar-refractivity contribution is 5.94. The Morgan fingerprint density at radius 2 is 1.88 bits per heavy atom. The fourth-order valence-electron chi connectivity index (χ4n) is 7.95. The van der Waals surface area contributed by atoms with Crippen molar-refractivity contribution < 1.29 is 38.4 Å². The second-order valence-electron chi connectivity index (χ2n) is 15.9. The summed E-state index contributed by atoms with van der Waals surface area (Å²) in [6.07, 6.45) is 2.33. The highest BCUT2D eigenvalue weighted by Gasteiger charge is 2.36. The molecule has 2 saturated heterocycles. The van der Waals surface area contributed by atoms with Gasteiger partial charge in [-0.15, -0.1) is 0 Å². The van der Waals surface area contributed by atoms with Crippen molar-refractivity contribution in [3.63, 3.8) is 0 Å². The molecule has 2 aromatic carbocycles. The fraction of sp³-hybridized carbons (Fsp3) is 0.500. The van der Waals surface area contributed by atoms with Crippen LogP contribution in [0.4, 0.5) is 10.5 Å². The van der Waals surface area contributed by atoms with Gasteiger partial charge in [-0.3, -0.25) is 19.6 Å². The Bertz CT molecular complexity index is 2040. The van der Waals surface area contributed by atoms with Crippen molar-refractivity contribution in [3.8, 4) is 11.3 Å². The van der Waals surface area contributed by atoms with Crippen molar-refractivity contribution in [2.45, 2.75) is 90.8 Å². The molecule has 0 saturated carbocycles. The molecule has 2 aromatic heterocycles. The Labute approximate surface area is 340 Å². The van der Waals surface area contributed by atoms with Gasteiger partial charge in [0, 0.05) is 74.7 Å². The van der Waals surface area contributed by atoms with Crippen LogP contribution in [0.25, 0.3) is 22.2 Å². The van der Waals surface area contributed by atoms with E-state index < -0.39 is 41.6 Å². The number of hydrazine groups is 1. The van der Waals surface area contributed by atoms with Gasteiger partial charge < -0.3 is 38.8 Å². The number of benzene rings is 2. The van der Waals surface area contributed by atoms with Gasteiger partial charge in [-0.05, 0) is 80.0 Å². The second kappa shape index (κ2) is 19.2. The van der Waals surface area contributed by atoms with Gasteiger partial charge in [-0.2, -0.15) is 0 Å². The van der Waals surface area contributed by atoms with E-state index in [1.54, 1.807) is 13.3 Å². The Hall–Kier alpha value is -5.02. The van der Waals surface area contributed by atoms with E-state index in [1.165, 1.54) is 12.1 Å². The number of rotatable bonds is 15. The molecule has 4 aromatic rings. The highest BCUT2D eigenvalue weighted by Crippen LogP contribution is 2.41. The summed E-state index contributed by atoms with van der Waals surface area (Å²) in [4.78, 5) is 46.7. The van der Waals surface area contributed by atoms with Crippen molar-refractivity contribution in [1.29, 1.82) is 0 Å². The van der Waals surface area contributed by atoms with Gasteiger partial charge in [0.15, 0.2) is 0 Å². The van der Waals surface area contributed by atoms with Crippen LogP contribution in [0.2, 0.25) is 0 Å². The summed E-state index contributed by atoms with van der Waals surface area (Å²) in [5, 5.41) is 15.7. The number of morpholine rings is 1. The third-order valence-corrected chi connectivity index (χ3v) is 11.1. The smallest absolute Gasteiger partial charge is 0.408 e. The Morgan fingerprint density at radius 3 is 2.60 bits per heavy atom. The minimum Gasteiger partial charge on any atom is -0.468 e. The van der Waals surface area contributed by atoms with Crippen LogP contribution in [0.5, 0.6) is 0 Å². The van der Waals surface area contributed by atoms with Crippen molar-refractivity contribution in [2.24, 2.45) is 5.41 Å². The number of ether oxygens (including phenoxy) is 4. The number of hydrogen-bond donors (Lipinski definition) is 3. The lowest BCUT2D eigenvalue weighted by Crippen LogP contribution is -2.60. The van der Waals surface area contributed by atoms with Crippen LogP contribution in [0.3, 0.4) is 0 Å². The first kappa shape index (κ1) is 42.6. The molecule has 3 N–H and O–H groups in total. The largest absolute Gasteiger partial charge is 0.468 e. The van der Waals surface area contributed by atoms with Crippen LogP contribution < -0.4 is 15.6 Å². The van der Waals surface area contributed by atoms with Gasteiger partial charge in [-0.1, -0.05) is 44.2 Å². The van der Waals surface area contributed by atoms with E-state index in [0.29, 0.717) is 45.5 Å². The number of hydrogen-bond acceptors (Lipinski definition) is 11. The lowest BCUT2D eigenvalue weighted by molar-refractivity contribution is -0.150. The maximum atomic E-state index is 14.1. The highest BCUT2D eigenvalue weighted by atomic mass is 16.5. The van der Waals surface area contributed by atoms with Crippen molar-refractivity contribution in [2.75, 3.05) is 52.0 Å². The van der Waals surface area contributed by atoms with E-state index in [1.807, 2.05) is 43.3 Å². The van der Waals surface area contributed by atoms with Gasteiger partial charge in [0.25, 0.3) is 5.91 Å². The third kappa shape index (κ3) is 9.80. The molecule has 4 atom stereocenters. The predicted molar refractivity (Wildman–Crippen MR) is 221 cm³/mol. The van der Waals surface area contributed by atoms with Crippen molar-refractivity contribution in [1.82, 2.24) is 25.3 Å². The molecule has 0 radical (unpaired) electrons. The number of esters is 1. The molecule has 0 unspecified atom stereocenters. The molecule has 2 aliphatic rings. The number of aliphatic hydroxyl groups excluding tert-OH is 1. The molecular formula is C44H58N6O8. The molecule has 0 spiro atoms. The number of anilines is 1. The first-order valence-electron chi connectivity index (χ1n) is 20.2. The summed E-state index contributed by atoms with van der Waals surface area (Å²) in [5.74, 6) is -0.850. The van der Waals surface area contributed by atoms with E-state index in [2.05, 4.69) is 65.2 Å². The number of carbonyl (C=O) groups excluding carboxylic acids is 3. The SMILES string of the molecule is CCn1c(-c2cccnc2[C@H](C)OC)c(CC(C)(C)CO)c2cc(N3CCO[C@@H](C[C@H](NC(=O)OCc4ccccc4)C(=O)N4CCC[C@@H](C(=O)OC)N4)C3)ccc21. The van der Waals surface area contributed by atoms with Crippen LogP contribution >= 0.6 is 0 Å². The minimum atomic E-state index is -1.00. The number of nitrogens with zero attached hydrogens (tertiary/aromatic N) is 4. The summed E-state index contributed by atoms with van der Waals surface area (Å²) in [6.45, 7) is 10.9. The van der Waals surface area contributed by atoms with Gasteiger partial charge >= 0.3 is 12.1 Å². The molecule has 2 amide bonds. The zero-order chi connectivity index (χ0) is 41.4. The van der Waals surface area contributed by atoms with Crippen molar-refractivity contribution >= 4 is 34.6 Å². The summed E-state index contributed by atoms with van der Waals surface area (Å²) in [7, 11) is 3.00. The molecule has 14 nitrogen and oxygen atoms in total. The molecule has 0 bridgehead atoms. The number of nitrogens with one attached hydrogen (secondary N) is 2. The third-order valence-electron chi connectivity index (χ3n) is 11.1. The van der Waals surface area contributed by atoms with Gasteiger partial charge in [0.05, 0.1) is 37.3 Å². The van der Waals surface area contributed by atoms with Crippen LogP contribution in [-0.4, -0.2) is 103 Å². The molecule has 14 heteroatoms. The first-order chi connectivity index (χ1) is 28.0. The standard InChI is InChI=1S/C44H58N6O8/c1-7-49-38-18-17-31(23-34(38)35(25-44(3,4)28-51)40(49)33-15-11-19-45-39(33)29(2)55-5)48-21-22-57-32(26-48)24-37(46-43(54)58-27-30-13-9-8-10-14-30)41(52)50-20-12-16-36(47-50)42(53)56-6/h8-11,13-15,17-19,23,29,32,36-37,47,51H,7,12,16,20-22,24-28H2,1-6H3,(H,46,54)/t29-,32-,36-,37-/m0/s1. The number of fused-ring (bicyclic) bond motifs is 1. The number of amides is 2. The summed E-state index contributed by atoms with van der Waals surface area (Å²) >= 11 is 0. The number of aromatic nitrogens is 2. The number of aryl methyl sites for hydroxylation is 1. The van der Waals surface area contributed by atoms with Crippen LogP contribution in [0, 0.1) is 5.41 Å². The monoisotopic (exact) mass is 798 g/mol. The Balaban J connectivity index is 1.29. The molecule has 312 valence electrons. The average Bonchev–Trinajstić information content (AvgIpc) is 3.56. The molecule has 2 aliphatic heterocycles. The van der Waals surface area contributed by atoms with Gasteiger partial charge in [0.2, 0.25) is 0 Å². The van der Waals surface area contributed by atoms with E-state index in [-0.39, 0.29) is 25.7 Å². The van der Waals surface area contributed by atoms with Gasteiger partial charge in [-0.25, -0.2) is 10.2 Å². The van der Waals surface area contributed by atoms with Crippen LogP contribution in [-0.2, 0) is 48.1 Å². The van der Waals surface area contributed by atoms with Gasteiger partial charge in [0.1, 0.15) is 18.7 Å². The maximum absolute atomic E-state index is 14.1. The number of carbonyl (C=O) groups is 3. The molecule has 0 aliphatic carbocycles.